The number of likely N-dealkylation sites (tertiary alicyclic amines) is 2. The molecule has 0 radical (unpaired) electrons. The maximum atomic E-state index is 13.2. The molecule has 0 bridgehead atoms. The lowest BCUT2D eigenvalue weighted by Gasteiger charge is -2.32. The molecule has 0 aromatic heterocycles. The predicted molar refractivity (Wildman–Crippen MR) is 358 cm³/mol. The number of ketones is 3. The molecule has 494 valence electrons. The average Bonchev–Trinajstić information content (AvgIpc) is 2.66. The van der Waals surface area contributed by atoms with Gasteiger partial charge in [-0.3, -0.25) is 28.8 Å². The Labute approximate surface area is 554 Å². The number of aryl methyl sites for hydroxylation is 4. The number of nitrogens with zero attached hydrogens (tertiary/aromatic N) is 2. The van der Waals surface area contributed by atoms with Crippen LogP contribution >= 0.6 is 58.0 Å². The van der Waals surface area contributed by atoms with Crippen LogP contribution in [0.2, 0.25) is 15.1 Å². The number of nitrogens with one attached hydrogen (secondary N) is 2. The van der Waals surface area contributed by atoms with E-state index in [4.69, 9.17) is 79.3 Å². The minimum Gasteiger partial charge on any atom is -0.481 e. The van der Waals surface area contributed by atoms with E-state index in [9.17, 15) is 33.6 Å². The molecule has 3 aliphatic carbocycles. The van der Waals surface area contributed by atoms with Gasteiger partial charge in [0.25, 0.3) is 0 Å². The number of carboxylic acids is 1. The molecule has 89 heavy (non-hydrogen) atoms. The molecule has 3 amide bonds. The number of carboxylic acid groups (broad SMARTS) is 1. The van der Waals surface area contributed by atoms with Gasteiger partial charge >= 0.3 is 12.1 Å². The third kappa shape index (κ3) is 23.0. The number of halogens is 5. The number of aliphatic carboxylic acids is 1. The quantitative estimate of drug-likeness (QED) is 0.0706. The van der Waals surface area contributed by atoms with Crippen LogP contribution in [0, 0.1) is 10.8 Å². The summed E-state index contributed by atoms with van der Waals surface area (Å²) in [6.45, 7) is 14.5. The van der Waals surface area contributed by atoms with Crippen LogP contribution in [-0.4, -0.2) is 110 Å². The topological polar surface area (TPSA) is 232 Å². The Hall–Kier alpha value is -4.32. The average molecular weight is 1330 g/mol. The van der Waals surface area contributed by atoms with E-state index in [2.05, 4.69) is 30.5 Å². The molecule has 6 fully saturated rings. The van der Waals surface area contributed by atoms with Crippen LogP contribution in [-0.2, 0) is 72.3 Å². The molecule has 7 N–H and O–H groups in total. The van der Waals surface area contributed by atoms with Gasteiger partial charge in [-0.05, 0) is 207 Å². The number of ether oxygens (including phenoxy) is 1. The standard InChI is InChI=1S/C26H37ClN2O4.C20H28ClN3O2.C15H20ClNO.C7H12O2.CH2Cl2/c1-25(2,3)33-24(32)28-17-19-9-11-20(27)16-18(19)10-12-22(30)21-8-7-15-29(21)23(31)26(4)13-5-6-14-26;21-16-7-5-15(13-22)14(12-16)6-8-18(25)17-4-3-11-24(17)19(26)20(23)9-1-2-10-20;1-2-11-5-7-13(16)10-12(11)6-8-15(18)14-4-3-9-17-14;1-7(6(8)9)4-2-3-5-7;2-1-3/h9,11,16,21H,5-8,10,12-15,17H2,1-4H3,(H,28,32);5,7,12,17H,1-4,6,8-11,13,22-23H2;5,7,10,14,17H,2-4,6,8-9H2,1H3;2-5H2,1H3,(H,8,9);1H2/t21-;17-;14-;;/m000../s1. The summed E-state index contributed by atoms with van der Waals surface area (Å²) in [5.74, 6) is 0.0560. The van der Waals surface area contributed by atoms with Gasteiger partial charge in [0.05, 0.1) is 34.4 Å². The van der Waals surface area contributed by atoms with Crippen LogP contribution < -0.4 is 22.1 Å². The number of hydrogen-bond acceptors (Lipinski definition) is 11. The van der Waals surface area contributed by atoms with E-state index in [-0.39, 0.29) is 57.7 Å². The van der Waals surface area contributed by atoms with Gasteiger partial charge in [-0.25, -0.2) is 4.79 Å². The van der Waals surface area contributed by atoms with Crippen molar-refractivity contribution in [3.63, 3.8) is 0 Å². The highest BCUT2D eigenvalue weighted by Gasteiger charge is 2.46. The number of hydrogen-bond donors (Lipinski definition) is 5. The number of alkyl halides is 2. The first-order valence-electron chi connectivity index (χ1n) is 32.3. The molecule has 3 saturated heterocycles. The van der Waals surface area contributed by atoms with Crippen molar-refractivity contribution in [2.45, 2.75) is 244 Å². The second kappa shape index (κ2) is 36.2. The van der Waals surface area contributed by atoms with E-state index in [1.54, 1.807) is 11.0 Å². The Bertz CT molecular complexity index is 2840. The number of nitrogens with two attached hydrogens (primary N) is 2. The number of carbonyl (C=O) groups is 7. The van der Waals surface area contributed by atoms with Crippen LogP contribution in [0.4, 0.5) is 4.79 Å². The molecule has 6 aliphatic rings. The van der Waals surface area contributed by atoms with Crippen molar-refractivity contribution in [2.24, 2.45) is 22.3 Å². The van der Waals surface area contributed by atoms with E-state index in [1.807, 2.05) is 75.1 Å². The number of carbonyl (C=O) groups excluding carboxylic acids is 6. The maximum absolute atomic E-state index is 13.2. The lowest BCUT2D eigenvalue weighted by atomic mass is 9.86. The summed E-state index contributed by atoms with van der Waals surface area (Å²) in [5, 5.41) is 16.9. The van der Waals surface area contributed by atoms with Gasteiger partial charge in [-0.2, -0.15) is 0 Å². The van der Waals surface area contributed by atoms with Crippen LogP contribution in [0.25, 0.3) is 0 Å². The summed E-state index contributed by atoms with van der Waals surface area (Å²) in [6, 6.07) is 16.5. The van der Waals surface area contributed by atoms with Crippen LogP contribution in [0.1, 0.15) is 210 Å². The fraction of sp³-hybridized carbons (Fsp3) is 0.638. The molecule has 3 aliphatic heterocycles. The Kier molecular flexibility index (Phi) is 30.7. The summed E-state index contributed by atoms with van der Waals surface area (Å²) in [6.07, 6.45) is 20.4. The molecule has 15 nitrogen and oxygen atoms in total. The first-order chi connectivity index (χ1) is 42.2. The van der Waals surface area contributed by atoms with Crippen LogP contribution in [0.5, 0.6) is 0 Å². The first kappa shape index (κ1) is 75.4. The molecular formula is C69H99Cl5N6O9. The summed E-state index contributed by atoms with van der Waals surface area (Å²) < 4.78 is 5.31. The molecule has 3 heterocycles. The molecule has 3 saturated carbocycles. The first-order valence-corrected chi connectivity index (χ1v) is 34.5. The summed E-state index contributed by atoms with van der Waals surface area (Å²) in [4.78, 5) is 90.3. The number of alkyl carbamates (subject to hydrolysis) is 1. The Morgan fingerprint density at radius 2 is 1.03 bits per heavy atom. The van der Waals surface area contributed by atoms with Gasteiger partial charge in [0.15, 0.2) is 11.6 Å². The SMILES string of the molecule is CC(C)(C)OC(=O)NCc1ccc(Cl)cc1CCC(=O)[C@@H]1CCCN1C(=O)C1(C)CCCC1.CC1(C(=O)O)CCCC1.CCc1ccc(Cl)cc1CCC(=O)[C@@H]1CCCN1.ClCCl.NCc1ccc(Cl)cc1CCC(=O)[C@@H]1CCCN1C(=O)C1(N)CCCC1. The van der Waals surface area contributed by atoms with Gasteiger partial charge in [0.1, 0.15) is 11.4 Å². The molecule has 9 rings (SSSR count). The number of Topliss-reactive ketones (excluding diaryl/α,β-unsaturated/α-hetero) is 3. The van der Waals surface area contributed by atoms with Crippen molar-refractivity contribution in [2.75, 3.05) is 25.0 Å². The van der Waals surface area contributed by atoms with Gasteiger partial charge in [0, 0.05) is 65.9 Å². The van der Waals surface area contributed by atoms with Crippen LogP contribution in [0.15, 0.2) is 54.6 Å². The molecule has 3 aromatic rings. The molecule has 0 unspecified atom stereocenters. The van der Waals surface area contributed by atoms with Crippen molar-refractivity contribution >= 4 is 99.2 Å². The number of rotatable bonds is 19. The fourth-order valence-corrected chi connectivity index (χ4v) is 13.8. The van der Waals surface area contributed by atoms with Crippen molar-refractivity contribution in [3.05, 3.63) is 103 Å². The highest BCUT2D eigenvalue weighted by molar-refractivity contribution is 6.40. The summed E-state index contributed by atoms with van der Waals surface area (Å²) >= 11 is 27.8. The second-order valence-corrected chi connectivity index (χ2v) is 28.4. The van der Waals surface area contributed by atoms with Gasteiger partial charge in [-0.15, -0.1) is 23.2 Å². The van der Waals surface area contributed by atoms with E-state index < -0.39 is 23.2 Å². The third-order valence-electron chi connectivity index (χ3n) is 18.4. The monoisotopic (exact) mass is 1330 g/mol. The summed E-state index contributed by atoms with van der Waals surface area (Å²) in [5.41, 5.74) is 16.4. The van der Waals surface area contributed by atoms with Gasteiger partial charge in [0.2, 0.25) is 11.8 Å². The highest BCUT2D eigenvalue weighted by Crippen LogP contribution is 2.41. The number of amides is 3. The molecule has 3 aromatic carbocycles. The minimum atomic E-state index is -0.761. The van der Waals surface area contributed by atoms with Crippen molar-refractivity contribution in [1.82, 2.24) is 20.4 Å². The maximum Gasteiger partial charge on any atom is 0.407 e. The Morgan fingerprint density at radius 1 is 0.607 bits per heavy atom. The lowest BCUT2D eigenvalue weighted by Crippen LogP contribution is -2.56. The van der Waals surface area contributed by atoms with Crippen molar-refractivity contribution in [3.8, 4) is 0 Å². The molecular weight excluding hydrogens is 1230 g/mol. The van der Waals surface area contributed by atoms with E-state index in [0.717, 1.165) is 162 Å². The summed E-state index contributed by atoms with van der Waals surface area (Å²) in [7, 11) is 0. The third-order valence-corrected chi connectivity index (χ3v) is 19.1. The fourth-order valence-electron chi connectivity index (χ4n) is 13.2. The van der Waals surface area contributed by atoms with Gasteiger partial charge < -0.3 is 41.7 Å². The smallest absolute Gasteiger partial charge is 0.407 e. The van der Waals surface area contributed by atoms with Gasteiger partial charge in [-0.1, -0.05) is 105 Å². The molecule has 20 heteroatoms. The van der Waals surface area contributed by atoms with E-state index in [0.29, 0.717) is 74.1 Å². The molecule has 0 spiro atoms. The van der Waals surface area contributed by atoms with Crippen molar-refractivity contribution in [1.29, 1.82) is 0 Å². The largest absolute Gasteiger partial charge is 0.481 e. The zero-order valence-corrected chi connectivity index (χ0v) is 57.3. The lowest BCUT2D eigenvalue weighted by molar-refractivity contribution is -0.147. The zero-order chi connectivity index (χ0) is 65.5. The van der Waals surface area contributed by atoms with Crippen molar-refractivity contribution < 1.29 is 43.4 Å². The number of benzene rings is 3. The van der Waals surface area contributed by atoms with Crippen LogP contribution in [0.3, 0.4) is 0 Å². The zero-order valence-electron chi connectivity index (χ0n) is 53.5. The molecule has 3 atom stereocenters. The Morgan fingerprint density at radius 3 is 1.47 bits per heavy atom. The normalized spacial score (nSPS) is 20.3. The second-order valence-electron chi connectivity index (χ2n) is 26.3. The Balaban J connectivity index is 0.000000228. The highest BCUT2D eigenvalue weighted by atomic mass is 35.5. The minimum absolute atomic E-state index is 0.0312. The van der Waals surface area contributed by atoms with E-state index >= 15 is 0 Å². The van der Waals surface area contributed by atoms with E-state index in [1.165, 1.54) is 11.1 Å². The predicted octanol–water partition coefficient (Wildman–Crippen LogP) is 14.2.